The third-order valence-corrected chi connectivity index (χ3v) is 5.12. The predicted molar refractivity (Wildman–Crippen MR) is 116 cm³/mol. The summed E-state index contributed by atoms with van der Waals surface area (Å²) in [4.78, 5) is 27.8. The van der Waals surface area contributed by atoms with Crippen LogP contribution in [0.3, 0.4) is 0 Å². The van der Waals surface area contributed by atoms with Crippen molar-refractivity contribution >= 4 is 23.4 Å². The van der Waals surface area contributed by atoms with Crippen molar-refractivity contribution in [2.75, 3.05) is 31.1 Å². The first-order valence-corrected chi connectivity index (χ1v) is 10.6. The second-order valence-corrected chi connectivity index (χ2v) is 8.72. The van der Waals surface area contributed by atoms with Crippen LogP contribution in [0.4, 0.5) is 15.3 Å². The van der Waals surface area contributed by atoms with Crippen LogP contribution < -0.4 is 9.64 Å². The highest BCUT2D eigenvalue weighted by Gasteiger charge is 2.33. The molecule has 2 aromatic rings. The van der Waals surface area contributed by atoms with Crippen molar-refractivity contribution in [2.24, 2.45) is 0 Å². The smallest absolute Gasteiger partial charge is 0.414 e. The summed E-state index contributed by atoms with van der Waals surface area (Å²) < 4.78 is 21.0. The lowest BCUT2D eigenvalue weighted by molar-refractivity contribution is 0.0270. The standard InChI is InChI=1S/C23H27N3O6/c1-23(2,3)32-21(27)25-11-8-17(9-12-25)16-4-6-18(7-5-16)26-14-19(31-22(26)28)15-29-20-10-13-30-24-20/h4-8,10,13,19H,9,11-12,14-15H2,1-3H3/t19-/m1/s1. The number of anilines is 1. The van der Waals surface area contributed by atoms with Crippen LogP contribution in [0.5, 0.6) is 5.88 Å². The zero-order chi connectivity index (χ0) is 22.7. The highest BCUT2D eigenvalue weighted by Crippen LogP contribution is 2.27. The zero-order valence-electron chi connectivity index (χ0n) is 18.4. The van der Waals surface area contributed by atoms with Crippen LogP contribution in [0.15, 0.2) is 47.2 Å². The highest BCUT2D eigenvalue weighted by atomic mass is 16.6. The molecule has 2 amide bonds. The van der Waals surface area contributed by atoms with E-state index in [1.807, 2.05) is 51.1 Å². The topological polar surface area (TPSA) is 94.3 Å². The largest absolute Gasteiger partial charge is 0.471 e. The van der Waals surface area contributed by atoms with Gasteiger partial charge in [0.25, 0.3) is 5.88 Å². The summed E-state index contributed by atoms with van der Waals surface area (Å²) in [6.07, 6.45) is 3.11. The number of hydrogen-bond acceptors (Lipinski definition) is 7. The quantitative estimate of drug-likeness (QED) is 0.689. The predicted octanol–water partition coefficient (Wildman–Crippen LogP) is 4.10. The van der Waals surface area contributed by atoms with Crippen LogP contribution in [-0.4, -0.2) is 60.2 Å². The fraction of sp³-hybridized carbons (Fsp3) is 0.435. The average Bonchev–Trinajstić information content (AvgIpc) is 3.41. The summed E-state index contributed by atoms with van der Waals surface area (Å²) in [5.41, 5.74) is 2.49. The second-order valence-electron chi connectivity index (χ2n) is 8.72. The molecule has 1 saturated heterocycles. The van der Waals surface area contributed by atoms with Crippen molar-refractivity contribution in [3.8, 4) is 5.88 Å². The Hall–Kier alpha value is -3.49. The van der Waals surface area contributed by atoms with E-state index in [4.69, 9.17) is 18.7 Å². The Kier molecular flexibility index (Phi) is 6.07. The SMILES string of the molecule is CC(C)(C)OC(=O)N1CC=C(c2ccc(N3C[C@H](COc4ccon4)OC3=O)cc2)CC1. The minimum atomic E-state index is -0.505. The van der Waals surface area contributed by atoms with Gasteiger partial charge in [0.15, 0.2) is 6.10 Å². The molecule has 9 nitrogen and oxygen atoms in total. The van der Waals surface area contributed by atoms with Crippen LogP contribution in [-0.2, 0) is 9.47 Å². The Morgan fingerprint density at radius 3 is 2.62 bits per heavy atom. The van der Waals surface area contributed by atoms with Crippen LogP contribution >= 0.6 is 0 Å². The Bertz CT molecular complexity index is 978. The maximum absolute atomic E-state index is 12.3. The van der Waals surface area contributed by atoms with Crippen molar-refractivity contribution in [2.45, 2.75) is 38.9 Å². The van der Waals surface area contributed by atoms with Gasteiger partial charge >= 0.3 is 12.2 Å². The van der Waals surface area contributed by atoms with E-state index in [2.05, 4.69) is 5.16 Å². The highest BCUT2D eigenvalue weighted by molar-refractivity contribution is 5.90. The molecule has 3 heterocycles. The van der Waals surface area contributed by atoms with Gasteiger partial charge in [-0.2, -0.15) is 0 Å². The van der Waals surface area contributed by atoms with Crippen LogP contribution in [0.1, 0.15) is 32.8 Å². The number of ether oxygens (including phenoxy) is 3. The molecule has 32 heavy (non-hydrogen) atoms. The van der Waals surface area contributed by atoms with Crippen molar-refractivity contribution in [1.29, 1.82) is 0 Å². The number of aromatic nitrogens is 1. The lowest BCUT2D eigenvalue weighted by atomic mass is 9.99. The van der Waals surface area contributed by atoms with Crippen molar-refractivity contribution in [3.05, 3.63) is 48.2 Å². The Labute approximate surface area is 186 Å². The first-order chi connectivity index (χ1) is 15.3. The molecule has 0 N–H and O–H groups in total. The molecule has 2 aliphatic heterocycles. The van der Waals surface area contributed by atoms with Crippen LogP contribution in [0.2, 0.25) is 0 Å². The lowest BCUT2D eigenvalue weighted by Crippen LogP contribution is -2.39. The number of carbonyl (C=O) groups excluding carboxylic acids is 2. The van der Waals surface area contributed by atoms with Gasteiger partial charge in [0.2, 0.25) is 0 Å². The molecule has 0 saturated carbocycles. The van der Waals surface area contributed by atoms with Crippen molar-refractivity contribution in [3.63, 3.8) is 0 Å². The minimum absolute atomic E-state index is 0.202. The van der Waals surface area contributed by atoms with E-state index in [-0.39, 0.29) is 12.7 Å². The molecule has 4 rings (SSSR count). The fourth-order valence-corrected chi connectivity index (χ4v) is 3.55. The first-order valence-electron chi connectivity index (χ1n) is 10.6. The summed E-state index contributed by atoms with van der Waals surface area (Å²) in [7, 11) is 0. The normalized spacial score (nSPS) is 18.9. The Morgan fingerprint density at radius 1 is 1.22 bits per heavy atom. The van der Waals surface area contributed by atoms with E-state index in [9.17, 15) is 9.59 Å². The molecule has 1 aromatic heterocycles. The Morgan fingerprint density at radius 2 is 2.00 bits per heavy atom. The summed E-state index contributed by atoms with van der Waals surface area (Å²) in [5, 5.41) is 3.67. The molecule has 0 bridgehead atoms. The van der Waals surface area contributed by atoms with Gasteiger partial charge in [-0.15, -0.1) is 0 Å². The van der Waals surface area contributed by atoms with E-state index in [1.54, 1.807) is 15.9 Å². The van der Waals surface area contributed by atoms with E-state index in [1.165, 1.54) is 11.8 Å². The van der Waals surface area contributed by atoms with Crippen molar-refractivity contribution < 1.29 is 28.3 Å². The van der Waals surface area contributed by atoms with Gasteiger partial charge in [-0.3, -0.25) is 4.90 Å². The van der Waals surface area contributed by atoms with Gasteiger partial charge in [0.1, 0.15) is 18.5 Å². The van der Waals surface area contributed by atoms with E-state index in [0.29, 0.717) is 25.5 Å². The summed E-state index contributed by atoms with van der Waals surface area (Å²) in [5.74, 6) is 0.356. The van der Waals surface area contributed by atoms with E-state index in [0.717, 1.165) is 17.7 Å². The molecule has 1 aromatic carbocycles. The van der Waals surface area contributed by atoms with Crippen LogP contribution in [0, 0.1) is 0 Å². The number of rotatable bonds is 5. The third-order valence-electron chi connectivity index (χ3n) is 5.12. The molecule has 0 spiro atoms. The molecule has 0 radical (unpaired) electrons. The van der Waals surface area contributed by atoms with Crippen LogP contribution in [0.25, 0.3) is 5.57 Å². The van der Waals surface area contributed by atoms with Crippen molar-refractivity contribution in [1.82, 2.24) is 10.1 Å². The number of amides is 2. The summed E-state index contributed by atoms with van der Waals surface area (Å²) in [6.45, 7) is 7.29. The summed E-state index contributed by atoms with van der Waals surface area (Å²) >= 11 is 0. The third kappa shape index (κ3) is 5.22. The first kappa shape index (κ1) is 21.7. The number of carbonyl (C=O) groups is 2. The molecule has 1 atom stereocenters. The van der Waals surface area contributed by atoms with E-state index >= 15 is 0 Å². The van der Waals surface area contributed by atoms with Gasteiger partial charge in [-0.05, 0) is 55.6 Å². The maximum Gasteiger partial charge on any atom is 0.414 e. The second kappa shape index (κ2) is 8.94. The average molecular weight is 441 g/mol. The van der Waals surface area contributed by atoms with Gasteiger partial charge in [0, 0.05) is 24.8 Å². The molecule has 1 fully saturated rings. The number of hydrogen-bond donors (Lipinski definition) is 0. The number of nitrogens with zero attached hydrogens (tertiary/aromatic N) is 3. The number of benzene rings is 1. The molecule has 2 aliphatic rings. The fourth-order valence-electron chi connectivity index (χ4n) is 3.55. The van der Waals surface area contributed by atoms with Gasteiger partial charge in [0.05, 0.1) is 6.54 Å². The Balaban J connectivity index is 1.33. The zero-order valence-corrected chi connectivity index (χ0v) is 18.4. The lowest BCUT2D eigenvalue weighted by Gasteiger charge is -2.29. The molecule has 0 aliphatic carbocycles. The summed E-state index contributed by atoms with van der Waals surface area (Å²) in [6, 6.07) is 9.37. The molecule has 0 unspecified atom stereocenters. The minimum Gasteiger partial charge on any atom is -0.471 e. The van der Waals surface area contributed by atoms with Gasteiger partial charge < -0.3 is 23.6 Å². The molecule has 9 heteroatoms. The molecular formula is C23H27N3O6. The van der Waals surface area contributed by atoms with Gasteiger partial charge in [-0.1, -0.05) is 18.2 Å². The molecular weight excluding hydrogens is 414 g/mol. The molecule has 170 valence electrons. The maximum atomic E-state index is 12.3. The van der Waals surface area contributed by atoms with E-state index < -0.39 is 17.8 Å². The van der Waals surface area contributed by atoms with Gasteiger partial charge in [-0.25, -0.2) is 9.59 Å². The number of cyclic esters (lactones) is 1. The monoisotopic (exact) mass is 441 g/mol.